The maximum absolute atomic E-state index is 14.3. The molecule has 0 spiro atoms. The van der Waals surface area contributed by atoms with Crippen LogP contribution in [0, 0.1) is 5.92 Å². The second kappa shape index (κ2) is 26.6. The van der Waals surface area contributed by atoms with Gasteiger partial charge in [-0.3, -0.25) is 52.7 Å². The number of primary amides is 1. The van der Waals surface area contributed by atoms with Gasteiger partial charge in [-0.15, -0.1) is 0 Å². The van der Waals surface area contributed by atoms with Crippen LogP contribution in [-0.2, 0) is 57.5 Å². The fourth-order valence-electron chi connectivity index (χ4n) is 9.50. The van der Waals surface area contributed by atoms with Gasteiger partial charge in [-0.05, 0) is 85.0 Å². The van der Waals surface area contributed by atoms with Gasteiger partial charge in [-0.1, -0.05) is 13.8 Å². The first-order chi connectivity index (χ1) is 34.7. The van der Waals surface area contributed by atoms with Crippen molar-refractivity contribution in [2.45, 2.75) is 178 Å². The average Bonchev–Trinajstić information content (AvgIpc) is 4.19. The molecule has 4 aliphatic heterocycles. The summed E-state index contributed by atoms with van der Waals surface area (Å²) in [5, 5.41) is 53.9. The lowest BCUT2D eigenvalue weighted by Crippen LogP contribution is -2.61. The lowest BCUT2D eigenvalue weighted by molar-refractivity contribution is -0.151. The van der Waals surface area contributed by atoms with Crippen molar-refractivity contribution in [3.63, 3.8) is 0 Å². The molecule has 4 aliphatic rings. The number of carboxylic acids is 1. The molecule has 74 heavy (non-hydrogen) atoms. The molecule has 28 nitrogen and oxygen atoms in total. The van der Waals surface area contributed by atoms with Gasteiger partial charge in [0.15, 0.2) is 0 Å². The molecule has 0 aromatic rings. The van der Waals surface area contributed by atoms with E-state index in [9.17, 15) is 78.0 Å². The minimum absolute atomic E-state index is 0.138. The molecule has 0 radical (unpaired) electrons. The van der Waals surface area contributed by atoms with Crippen LogP contribution >= 0.6 is 0 Å². The quantitative estimate of drug-likeness (QED) is 0.0453. The van der Waals surface area contributed by atoms with E-state index in [4.69, 9.17) is 11.5 Å². The van der Waals surface area contributed by atoms with E-state index in [1.165, 1.54) is 40.4 Å². The monoisotopic (exact) mass is 1050 g/mol. The first-order valence-corrected chi connectivity index (χ1v) is 25.0. The Hall–Kier alpha value is -6.52. The average molecular weight is 1050 g/mol. The maximum Gasteiger partial charge on any atom is 0.326 e. The van der Waals surface area contributed by atoms with Crippen molar-refractivity contribution in [3.05, 3.63) is 0 Å². The second-order valence-corrected chi connectivity index (χ2v) is 19.8. The van der Waals surface area contributed by atoms with Crippen LogP contribution in [-0.4, -0.2) is 222 Å². The van der Waals surface area contributed by atoms with E-state index in [0.29, 0.717) is 38.6 Å². The van der Waals surface area contributed by atoms with E-state index < -0.39 is 163 Å². The summed E-state index contributed by atoms with van der Waals surface area (Å²) in [6, 6.07) is -14.3. The van der Waals surface area contributed by atoms with Crippen molar-refractivity contribution < 1.29 is 78.0 Å². The number of nitrogens with one attached hydrogen (secondary N) is 6. The van der Waals surface area contributed by atoms with Crippen LogP contribution in [0.25, 0.3) is 0 Å². The van der Waals surface area contributed by atoms with Crippen molar-refractivity contribution in [3.8, 4) is 0 Å². The summed E-state index contributed by atoms with van der Waals surface area (Å²) in [5.41, 5.74) is 11.1. The van der Waals surface area contributed by atoms with Gasteiger partial charge in [0, 0.05) is 26.2 Å². The number of aliphatic hydroxyl groups excluding tert-OH is 3. The van der Waals surface area contributed by atoms with Crippen molar-refractivity contribution in [2.75, 3.05) is 32.8 Å². The SMILES string of the molecule is CC(C)[C@H](N)C(=O)N1CCC[C@H]1C(=O)N[C@H](C(=O)N[C@@H](C)C(=O)N1CCC[C@H]1C(=O)N1CCC[C@H]1C(=O)N1CCC[C@H]1C(=O)N[C@@H](C)C(=O)N[C@@H](CO)C(=O)N[C@H](C(=O)N[C@@H](CC(N)=O)C(=O)O)[C@@H](C)O)[C@@H](C)O. The van der Waals surface area contributed by atoms with Gasteiger partial charge >= 0.3 is 5.97 Å². The molecule has 0 unspecified atom stereocenters. The van der Waals surface area contributed by atoms with E-state index in [1.807, 2.05) is 5.32 Å². The Bertz CT molecular complexity index is 2140. The van der Waals surface area contributed by atoms with E-state index in [1.54, 1.807) is 13.8 Å². The standard InChI is InChI=1S/C46H74N12O16/c1-21(2)33(48)45(72)56-16-8-12-29(56)39(66)54-34(24(5)60)40(67)50-23(4)42(69)57-17-9-13-30(57)44(71)58-18-10-14-31(58)43(70)55-15-7-11-28(55)38(65)49-22(3)36(63)52-27(20-59)37(64)53-35(25(6)61)41(68)51-26(46(73)74)19-32(47)62/h21-31,33-35,59-61H,7-20,48H2,1-6H3,(H2,47,62)(H,49,65)(H,50,67)(H,51,68)(H,52,63)(H,53,64)(H,54,66)(H,73,74)/t22-,23-,24+,25+,26-,27-,28-,29-,30-,31-,33-,34-,35-/m0/s1. The Morgan fingerprint density at radius 1 is 0.514 bits per heavy atom. The summed E-state index contributed by atoms with van der Waals surface area (Å²) in [6.07, 6.45) is -1.05. The normalized spacial score (nSPS) is 23.3. The molecule has 4 fully saturated rings. The lowest BCUT2D eigenvalue weighted by Gasteiger charge is -2.35. The van der Waals surface area contributed by atoms with Gasteiger partial charge in [-0.2, -0.15) is 0 Å². The number of likely N-dealkylation sites (tertiary alicyclic amines) is 4. The predicted molar refractivity (Wildman–Crippen MR) is 257 cm³/mol. The lowest BCUT2D eigenvalue weighted by atomic mass is 10.0. The highest BCUT2D eigenvalue weighted by Gasteiger charge is 2.47. The molecular weight excluding hydrogens is 977 g/mol. The third-order valence-electron chi connectivity index (χ3n) is 13.8. The minimum atomic E-state index is -1.82. The van der Waals surface area contributed by atoms with Crippen LogP contribution in [0.5, 0.6) is 0 Å². The van der Waals surface area contributed by atoms with Gasteiger partial charge in [0.25, 0.3) is 0 Å². The molecule has 4 saturated heterocycles. The van der Waals surface area contributed by atoms with Crippen LogP contribution in [0.2, 0.25) is 0 Å². The number of carbonyl (C=O) groups is 12. The topological polar surface area (TPSA) is 423 Å². The highest BCUT2D eigenvalue weighted by Crippen LogP contribution is 2.29. The van der Waals surface area contributed by atoms with Crippen LogP contribution in [0.3, 0.4) is 0 Å². The molecule has 4 heterocycles. The van der Waals surface area contributed by atoms with Crippen LogP contribution in [0.1, 0.15) is 99.3 Å². The molecule has 0 aromatic carbocycles. The number of carbonyl (C=O) groups excluding carboxylic acids is 11. The zero-order valence-corrected chi connectivity index (χ0v) is 42.6. The Kier molecular flexibility index (Phi) is 21.6. The number of hydrogen-bond acceptors (Lipinski definition) is 16. The van der Waals surface area contributed by atoms with E-state index >= 15 is 0 Å². The summed E-state index contributed by atoms with van der Waals surface area (Å²) < 4.78 is 0. The van der Waals surface area contributed by atoms with Crippen molar-refractivity contribution in [1.82, 2.24) is 51.5 Å². The smallest absolute Gasteiger partial charge is 0.326 e. The van der Waals surface area contributed by atoms with E-state index in [-0.39, 0.29) is 44.8 Å². The number of aliphatic hydroxyl groups is 3. The molecule has 0 bridgehead atoms. The Morgan fingerprint density at radius 2 is 0.932 bits per heavy atom. The Balaban J connectivity index is 1.35. The van der Waals surface area contributed by atoms with Gasteiger partial charge in [0.2, 0.25) is 65.0 Å². The van der Waals surface area contributed by atoms with Gasteiger partial charge < -0.3 is 83.4 Å². The molecular formula is C46H74N12O16. The maximum atomic E-state index is 14.3. The van der Waals surface area contributed by atoms with Crippen LogP contribution in [0.4, 0.5) is 0 Å². The van der Waals surface area contributed by atoms with Crippen LogP contribution in [0.15, 0.2) is 0 Å². The number of rotatable bonds is 23. The van der Waals surface area contributed by atoms with E-state index in [2.05, 4.69) is 26.6 Å². The summed E-state index contributed by atoms with van der Waals surface area (Å²) in [4.78, 5) is 163. The first kappa shape index (κ1) is 60.0. The van der Waals surface area contributed by atoms with Crippen LogP contribution < -0.4 is 43.4 Å². The molecule has 13 atom stereocenters. The summed E-state index contributed by atoms with van der Waals surface area (Å²) in [5.74, 6) is -10.6. The zero-order chi connectivity index (χ0) is 55.5. The molecule has 4 rings (SSSR count). The van der Waals surface area contributed by atoms with Crippen molar-refractivity contribution >= 4 is 70.9 Å². The number of nitrogens with zero attached hydrogens (tertiary/aromatic N) is 4. The van der Waals surface area contributed by atoms with E-state index in [0.717, 1.165) is 6.92 Å². The third kappa shape index (κ3) is 14.8. The summed E-state index contributed by atoms with van der Waals surface area (Å²) in [6.45, 7) is 8.32. The minimum Gasteiger partial charge on any atom is -0.480 e. The summed E-state index contributed by atoms with van der Waals surface area (Å²) in [7, 11) is 0. The number of aliphatic carboxylic acids is 1. The van der Waals surface area contributed by atoms with Crippen molar-refractivity contribution in [1.29, 1.82) is 0 Å². The number of hydrogen-bond donors (Lipinski definition) is 12. The molecule has 414 valence electrons. The van der Waals surface area contributed by atoms with Gasteiger partial charge in [-0.25, -0.2) is 4.79 Å². The fourth-order valence-corrected chi connectivity index (χ4v) is 9.50. The largest absolute Gasteiger partial charge is 0.480 e. The van der Waals surface area contributed by atoms with Crippen molar-refractivity contribution in [2.24, 2.45) is 17.4 Å². The predicted octanol–water partition coefficient (Wildman–Crippen LogP) is -6.40. The molecule has 0 aliphatic carbocycles. The molecule has 11 amide bonds. The number of carboxylic acid groups (broad SMARTS) is 1. The third-order valence-corrected chi connectivity index (χ3v) is 13.8. The summed E-state index contributed by atoms with van der Waals surface area (Å²) >= 11 is 0. The molecule has 28 heteroatoms. The van der Waals surface area contributed by atoms with Gasteiger partial charge in [0.1, 0.15) is 60.4 Å². The molecule has 0 aromatic heterocycles. The molecule has 14 N–H and O–H groups in total. The molecule has 0 saturated carbocycles. The number of nitrogens with two attached hydrogens (primary N) is 2. The number of amides is 11. The highest BCUT2D eigenvalue weighted by atomic mass is 16.4. The fraction of sp³-hybridized carbons (Fsp3) is 0.739. The second-order valence-electron chi connectivity index (χ2n) is 19.8. The Morgan fingerprint density at radius 3 is 1.42 bits per heavy atom. The zero-order valence-electron chi connectivity index (χ0n) is 42.6. The first-order valence-electron chi connectivity index (χ1n) is 25.0. The highest BCUT2D eigenvalue weighted by molar-refractivity contribution is 5.99. The van der Waals surface area contributed by atoms with Gasteiger partial charge in [0.05, 0.1) is 31.3 Å². The Labute approximate surface area is 427 Å².